The zero-order valence-corrected chi connectivity index (χ0v) is 12.1. The van der Waals surface area contributed by atoms with Crippen LogP contribution < -0.4 is 16.2 Å². The Hall–Kier alpha value is -1.60. The summed E-state index contributed by atoms with van der Waals surface area (Å²) >= 11 is 0. The molecular weight excluding hydrogens is 295 g/mol. The molecule has 1 aromatic rings. The third kappa shape index (κ3) is 2.96. The van der Waals surface area contributed by atoms with E-state index in [1.165, 1.54) is 12.1 Å². The first-order valence-electron chi connectivity index (χ1n) is 7.33. The quantitative estimate of drug-likeness (QED) is 0.797. The molecule has 2 aliphatic rings. The maximum atomic E-state index is 13.0. The lowest BCUT2D eigenvalue weighted by atomic mass is 10.0. The van der Waals surface area contributed by atoms with E-state index in [1.54, 1.807) is 6.07 Å². The molecule has 120 valence electrons. The molecule has 3 N–H and O–H groups in total. The van der Waals surface area contributed by atoms with Gasteiger partial charge in [-0.25, -0.2) is 0 Å². The molecule has 22 heavy (non-hydrogen) atoms. The van der Waals surface area contributed by atoms with E-state index in [1.807, 2.05) is 6.92 Å². The molecule has 1 saturated heterocycles. The van der Waals surface area contributed by atoms with Crippen LogP contribution in [-0.4, -0.2) is 24.5 Å². The van der Waals surface area contributed by atoms with Gasteiger partial charge < -0.3 is 5.32 Å². The van der Waals surface area contributed by atoms with Crippen molar-refractivity contribution in [1.82, 2.24) is 16.2 Å². The summed E-state index contributed by atoms with van der Waals surface area (Å²) in [5.74, 6) is -0.555. The van der Waals surface area contributed by atoms with Crippen LogP contribution in [0.25, 0.3) is 0 Å². The van der Waals surface area contributed by atoms with Crippen molar-refractivity contribution < 1.29 is 18.0 Å². The van der Waals surface area contributed by atoms with Crippen LogP contribution in [0.15, 0.2) is 24.3 Å². The molecule has 0 bridgehead atoms. The van der Waals surface area contributed by atoms with Gasteiger partial charge in [-0.2, -0.15) is 13.2 Å². The average molecular weight is 313 g/mol. The Labute approximate surface area is 126 Å². The maximum absolute atomic E-state index is 13.0. The van der Waals surface area contributed by atoms with Crippen LogP contribution in [0.3, 0.4) is 0 Å². The lowest BCUT2D eigenvalue weighted by Gasteiger charge is -2.15. The standard InChI is InChI=1S/C15H18F3N3O/c1-8-11(7-19-21-8)14(22)20-13-6-10(13)9-4-2-3-5-12(9)15(16,17)18/h2-5,8,10-11,13,19,21H,6-7H2,1H3,(H,20,22). The van der Waals surface area contributed by atoms with Crippen LogP contribution in [0, 0.1) is 5.92 Å². The van der Waals surface area contributed by atoms with Gasteiger partial charge >= 0.3 is 6.18 Å². The number of hydrogen-bond donors (Lipinski definition) is 3. The van der Waals surface area contributed by atoms with Crippen molar-refractivity contribution in [2.24, 2.45) is 5.92 Å². The second-order valence-corrected chi connectivity index (χ2v) is 5.96. The number of carbonyl (C=O) groups excluding carboxylic acids is 1. The summed E-state index contributed by atoms with van der Waals surface area (Å²) in [6.45, 7) is 2.43. The van der Waals surface area contributed by atoms with Crippen molar-refractivity contribution >= 4 is 5.91 Å². The SMILES string of the molecule is CC1NNCC1C(=O)NC1CC1c1ccccc1C(F)(F)F. The Morgan fingerprint density at radius 2 is 2.05 bits per heavy atom. The summed E-state index contributed by atoms with van der Waals surface area (Å²) in [6, 6.07) is 5.40. The van der Waals surface area contributed by atoms with Gasteiger partial charge in [-0.05, 0) is 25.0 Å². The molecule has 1 aromatic carbocycles. The molecule has 2 fully saturated rings. The minimum Gasteiger partial charge on any atom is -0.352 e. The number of carbonyl (C=O) groups is 1. The zero-order chi connectivity index (χ0) is 15.9. The minimum atomic E-state index is -4.36. The van der Waals surface area contributed by atoms with Crippen LogP contribution >= 0.6 is 0 Å². The van der Waals surface area contributed by atoms with Crippen molar-refractivity contribution in [2.75, 3.05) is 6.54 Å². The van der Waals surface area contributed by atoms with E-state index in [0.29, 0.717) is 13.0 Å². The fourth-order valence-corrected chi connectivity index (χ4v) is 2.99. The second kappa shape index (κ2) is 5.55. The van der Waals surface area contributed by atoms with E-state index in [9.17, 15) is 18.0 Å². The van der Waals surface area contributed by atoms with Crippen LogP contribution in [0.1, 0.15) is 30.4 Å². The van der Waals surface area contributed by atoms with Gasteiger partial charge in [0.25, 0.3) is 0 Å². The number of amides is 1. The van der Waals surface area contributed by atoms with Gasteiger partial charge in [0.05, 0.1) is 11.5 Å². The predicted octanol–water partition coefficient (Wildman–Crippen LogP) is 1.79. The molecule has 1 heterocycles. The number of hydrogen-bond acceptors (Lipinski definition) is 3. The Kier molecular flexibility index (Phi) is 3.86. The highest BCUT2D eigenvalue weighted by Crippen LogP contribution is 2.46. The highest BCUT2D eigenvalue weighted by atomic mass is 19.4. The summed E-state index contributed by atoms with van der Waals surface area (Å²) in [4.78, 5) is 12.2. The molecule has 4 atom stereocenters. The molecular formula is C15H18F3N3O. The fourth-order valence-electron chi connectivity index (χ4n) is 2.99. The number of rotatable bonds is 3. The van der Waals surface area contributed by atoms with E-state index in [0.717, 1.165) is 6.07 Å². The highest BCUT2D eigenvalue weighted by Gasteiger charge is 2.45. The molecule has 4 nitrogen and oxygen atoms in total. The van der Waals surface area contributed by atoms with E-state index in [4.69, 9.17) is 0 Å². The smallest absolute Gasteiger partial charge is 0.352 e. The first-order valence-corrected chi connectivity index (χ1v) is 7.33. The first kappa shape index (κ1) is 15.3. The van der Waals surface area contributed by atoms with Crippen molar-refractivity contribution in [3.63, 3.8) is 0 Å². The van der Waals surface area contributed by atoms with Gasteiger partial charge in [0.15, 0.2) is 0 Å². The van der Waals surface area contributed by atoms with Crippen LogP contribution in [-0.2, 0) is 11.0 Å². The Morgan fingerprint density at radius 3 is 2.68 bits per heavy atom. The topological polar surface area (TPSA) is 53.2 Å². The summed E-state index contributed by atoms with van der Waals surface area (Å²) in [7, 11) is 0. The van der Waals surface area contributed by atoms with Crippen LogP contribution in [0.2, 0.25) is 0 Å². The number of alkyl halides is 3. The van der Waals surface area contributed by atoms with Crippen molar-refractivity contribution in [1.29, 1.82) is 0 Å². The largest absolute Gasteiger partial charge is 0.416 e. The Bertz CT molecular complexity index is 575. The maximum Gasteiger partial charge on any atom is 0.416 e. The van der Waals surface area contributed by atoms with Gasteiger partial charge in [-0.3, -0.25) is 15.6 Å². The average Bonchev–Trinajstić information content (AvgIpc) is 3.08. The fraction of sp³-hybridized carbons (Fsp3) is 0.533. The third-order valence-electron chi connectivity index (χ3n) is 4.38. The molecule has 3 rings (SSSR count). The summed E-state index contributed by atoms with van der Waals surface area (Å²) < 4.78 is 39.1. The molecule has 1 saturated carbocycles. The third-order valence-corrected chi connectivity index (χ3v) is 4.38. The minimum absolute atomic E-state index is 0.0136. The number of nitrogens with one attached hydrogen (secondary N) is 3. The molecule has 0 radical (unpaired) electrons. The van der Waals surface area contributed by atoms with Gasteiger partial charge in [0.1, 0.15) is 0 Å². The van der Waals surface area contributed by atoms with Gasteiger partial charge in [-0.1, -0.05) is 18.2 Å². The Balaban J connectivity index is 1.67. The molecule has 7 heteroatoms. The number of hydrazine groups is 1. The summed E-state index contributed by atoms with van der Waals surface area (Å²) in [6.07, 6.45) is -3.80. The Morgan fingerprint density at radius 1 is 1.32 bits per heavy atom. The normalized spacial score (nSPS) is 31.1. The molecule has 0 aromatic heterocycles. The molecule has 1 aliphatic heterocycles. The van der Waals surface area contributed by atoms with Crippen molar-refractivity contribution in [2.45, 2.75) is 37.5 Å². The number of benzene rings is 1. The van der Waals surface area contributed by atoms with E-state index in [2.05, 4.69) is 16.2 Å². The van der Waals surface area contributed by atoms with Crippen LogP contribution in [0.4, 0.5) is 13.2 Å². The van der Waals surface area contributed by atoms with Crippen LogP contribution in [0.5, 0.6) is 0 Å². The number of halogens is 3. The van der Waals surface area contributed by atoms with Crippen molar-refractivity contribution in [3.8, 4) is 0 Å². The van der Waals surface area contributed by atoms with Gasteiger partial charge in [-0.15, -0.1) is 0 Å². The monoisotopic (exact) mass is 313 g/mol. The molecule has 0 spiro atoms. The summed E-state index contributed by atoms with van der Waals surface area (Å²) in [5, 5.41) is 2.87. The molecule has 4 unspecified atom stereocenters. The highest BCUT2D eigenvalue weighted by molar-refractivity contribution is 5.80. The van der Waals surface area contributed by atoms with Crippen molar-refractivity contribution in [3.05, 3.63) is 35.4 Å². The van der Waals surface area contributed by atoms with E-state index >= 15 is 0 Å². The lowest BCUT2D eigenvalue weighted by molar-refractivity contribution is -0.138. The zero-order valence-electron chi connectivity index (χ0n) is 12.1. The van der Waals surface area contributed by atoms with E-state index in [-0.39, 0.29) is 35.4 Å². The molecule has 1 aliphatic carbocycles. The van der Waals surface area contributed by atoms with E-state index < -0.39 is 11.7 Å². The van der Waals surface area contributed by atoms with Gasteiger partial charge in [0, 0.05) is 24.5 Å². The second-order valence-electron chi connectivity index (χ2n) is 5.96. The molecule has 1 amide bonds. The van der Waals surface area contributed by atoms with Gasteiger partial charge in [0.2, 0.25) is 5.91 Å². The first-order chi connectivity index (χ1) is 10.4. The summed E-state index contributed by atoms with van der Waals surface area (Å²) in [5.41, 5.74) is 5.54. The predicted molar refractivity (Wildman–Crippen MR) is 74.8 cm³/mol. The lowest BCUT2D eigenvalue weighted by Crippen LogP contribution is -2.39.